The highest BCUT2D eigenvalue weighted by Gasteiger charge is 2.17. The van der Waals surface area contributed by atoms with Gasteiger partial charge in [0.25, 0.3) is 0 Å². The van der Waals surface area contributed by atoms with Crippen LogP contribution in [-0.4, -0.2) is 24.3 Å². The van der Waals surface area contributed by atoms with Gasteiger partial charge in [-0.3, -0.25) is 0 Å². The number of aryl methyl sites for hydroxylation is 1. The van der Waals surface area contributed by atoms with Crippen molar-refractivity contribution in [2.45, 2.75) is 19.8 Å². The largest absolute Gasteiger partial charge is 0.493 e. The van der Waals surface area contributed by atoms with Gasteiger partial charge in [0.2, 0.25) is 5.88 Å². The quantitative estimate of drug-likeness (QED) is 0.662. The average molecular weight is 402 g/mol. The summed E-state index contributed by atoms with van der Waals surface area (Å²) in [6.45, 7) is 2.02. The van der Waals surface area contributed by atoms with Crippen molar-refractivity contribution in [2.24, 2.45) is 0 Å². The predicted octanol–water partition coefficient (Wildman–Crippen LogP) is 4.87. The number of nitrogens with zero attached hydrogens (tertiary/aromatic N) is 1. The Morgan fingerprint density at radius 1 is 1.04 bits per heavy atom. The smallest absolute Gasteiger partial charge is 0.215 e. The number of pyridine rings is 1. The first-order valence-electron chi connectivity index (χ1n) is 8.08. The number of aromatic hydroxyl groups is 1. The van der Waals surface area contributed by atoms with Gasteiger partial charge < -0.3 is 14.6 Å². The molecule has 0 atom stereocenters. The van der Waals surface area contributed by atoms with Gasteiger partial charge >= 0.3 is 0 Å². The molecule has 3 aromatic rings. The van der Waals surface area contributed by atoms with Crippen LogP contribution in [-0.2, 0) is 12.8 Å². The minimum absolute atomic E-state index is 0.0662. The summed E-state index contributed by atoms with van der Waals surface area (Å²) in [5, 5.41) is 12.5. The normalized spacial score (nSPS) is 10.9. The minimum atomic E-state index is 0.0662. The summed E-state index contributed by atoms with van der Waals surface area (Å²) in [6, 6.07) is 11.9. The van der Waals surface area contributed by atoms with Crippen LogP contribution in [0.15, 0.2) is 40.9 Å². The fourth-order valence-electron chi connectivity index (χ4n) is 3.04. The number of methoxy groups -OCH3 is 2. The molecule has 5 heteroatoms. The van der Waals surface area contributed by atoms with E-state index in [1.807, 2.05) is 43.3 Å². The van der Waals surface area contributed by atoms with Crippen LogP contribution in [0.1, 0.15) is 23.7 Å². The van der Waals surface area contributed by atoms with Gasteiger partial charge in [-0.1, -0.05) is 35.0 Å². The van der Waals surface area contributed by atoms with Gasteiger partial charge in [0.05, 0.1) is 19.9 Å². The fourth-order valence-corrected chi connectivity index (χ4v) is 3.48. The Hall–Kier alpha value is -2.27. The average Bonchev–Trinajstić information content (AvgIpc) is 2.62. The number of aromatic nitrogens is 1. The molecule has 0 amide bonds. The van der Waals surface area contributed by atoms with Crippen molar-refractivity contribution in [3.8, 4) is 17.4 Å². The lowest BCUT2D eigenvalue weighted by Crippen LogP contribution is -2.00. The lowest BCUT2D eigenvalue weighted by atomic mass is 9.97. The molecule has 0 unspecified atom stereocenters. The number of fused-ring (bicyclic) bond motifs is 1. The maximum Gasteiger partial charge on any atom is 0.215 e. The van der Waals surface area contributed by atoms with E-state index in [1.54, 1.807) is 14.2 Å². The van der Waals surface area contributed by atoms with E-state index < -0.39 is 0 Å². The summed E-state index contributed by atoms with van der Waals surface area (Å²) >= 11 is 3.49. The van der Waals surface area contributed by atoms with Gasteiger partial charge in [-0.15, -0.1) is 0 Å². The third kappa shape index (κ3) is 3.42. The van der Waals surface area contributed by atoms with Gasteiger partial charge in [0, 0.05) is 21.8 Å². The maximum absolute atomic E-state index is 10.5. The molecule has 0 saturated heterocycles. The molecule has 1 heterocycles. The first-order valence-corrected chi connectivity index (χ1v) is 8.87. The molecule has 2 aromatic carbocycles. The van der Waals surface area contributed by atoms with Crippen molar-refractivity contribution in [1.29, 1.82) is 0 Å². The lowest BCUT2D eigenvalue weighted by Gasteiger charge is -2.15. The standard InChI is InChI=1S/C20H20BrNO3/c1-4-17-15-11-19(25-3)18(24-2)10-14(15)16(20(23)22-17)9-12-6-5-7-13(21)8-12/h5-8,10-11H,4,9H2,1-3H3,(H,22,23). The molecule has 0 radical (unpaired) electrons. The Morgan fingerprint density at radius 3 is 2.32 bits per heavy atom. The highest BCUT2D eigenvalue weighted by Crippen LogP contribution is 2.38. The van der Waals surface area contributed by atoms with Gasteiger partial charge in [0.1, 0.15) is 0 Å². The monoisotopic (exact) mass is 401 g/mol. The molecule has 0 bridgehead atoms. The number of hydrogen-bond acceptors (Lipinski definition) is 4. The van der Waals surface area contributed by atoms with Crippen molar-refractivity contribution < 1.29 is 14.6 Å². The summed E-state index contributed by atoms with van der Waals surface area (Å²) in [7, 11) is 3.23. The second-order valence-corrected chi connectivity index (χ2v) is 6.69. The molecular formula is C20H20BrNO3. The number of halogens is 1. The maximum atomic E-state index is 10.5. The van der Waals surface area contributed by atoms with Gasteiger partial charge in [-0.2, -0.15) is 0 Å². The molecule has 4 nitrogen and oxygen atoms in total. The predicted molar refractivity (Wildman–Crippen MR) is 103 cm³/mol. The molecule has 0 saturated carbocycles. The van der Waals surface area contributed by atoms with Crippen molar-refractivity contribution in [3.05, 3.63) is 57.7 Å². The Labute approximate surface area is 155 Å². The summed E-state index contributed by atoms with van der Waals surface area (Å²) in [5.41, 5.74) is 2.71. The molecular weight excluding hydrogens is 382 g/mol. The van der Waals surface area contributed by atoms with Crippen molar-refractivity contribution in [1.82, 2.24) is 4.98 Å². The topological polar surface area (TPSA) is 51.6 Å². The van der Waals surface area contributed by atoms with Crippen LogP contribution in [0.4, 0.5) is 0 Å². The summed E-state index contributed by atoms with van der Waals surface area (Å²) in [5.74, 6) is 1.36. The van der Waals surface area contributed by atoms with Crippen LogP contribution in [0.2, 0.25) is 0 Å². The van der Waals surface area contributed by atoms with Crippen LogP contribution >= 0.6 is 15.9 Å². The minimum Gasteiger partial charge on any atom is -0.493 e. The van der Waals surface area contributed by atoms with E-state index in [-0.39, 0.29) is 5.88 Å². The summed E-state index contributed by atoms with van der Waals surface area (Å²) < 4.78 is 11.9. The second kappa shape index (κ2) is 7.31. The zero-order valence-corrected chi connectivity index (χ0v) is 16.1. The highest BCUT2D eigenvalue weighted by molar-refractivity contribution is 9.10. The van der Waals surface area contributed by atoms with Gasteiger partial charge in [-0.05, 0) is 41.6 Å². The van der Waals surface area contributed by atoms with Crippen LogP contribution in [0, 0.1) is 0 Å². The Bertz CT molecular complexity index is 924. The number of rotatable bonds is 5. The molecule has 1 N–H and O–H groups in total. The van der Waals surface area contributed by atoms with E-state index in [0.717, 1.165) is 38.5 Å². The molecule has 0 fully saturated rings. The zero-order valence-electron chi connectivity index (χ0n) is 14.5. The van der Waals surface area contributed by atoms with Crippen LogP contribution < -0.4 is 9.47 Å². The van der Waals surface area contributed by atoms with Crippen LogP contribution in [0.5, 0.6) is 17.4 Å². The third-order valence-electron chi connectivity index (χ3n) is 4.28. The molecule has 130 valence electrons. The van der Waals surface area contributed by atoms with Crippen molar-refractivity contribution in [3.63, 3.8) is 0 Å². The van der Waals surface area contributed by atoms with E-state index in [2.05, 4.69) is 20.9 Å². The molecule has 25 heavy (non-hydrogen) atoms. The Kier molecular flexibility index (Phi) is 5.13. The molecule has 0 aliphatic carbocycles. The fraction of sp³-hybridized carbons (Fsp3) is 0.250. The highest BCUT2D eigenvalue weighted by atomic mass is 79.9. The Morgan fingerprint density at radius 2 is 1.72 bits per heavy atom. The molecule has 3 rings (SSSR count). The van der Waals surface area contributed by atoms with Crippen LogP contribution in [0.25, 0.3) is 10.8 Å². The van der Waals surface area contributed by atoms with E-state index >= 15 is 0 Å². The van der Waals surface area contributed by atoms with E-state index in [0.29, 0.717) is 17.9 Å². The van der Waals surface area contributed by atoms with Crippen molar-refractivity contribution in [2.75, 3.05) is 14.2 Å². The van der Waals surface area contributed by atoms with Gasteiger partial charge in [-0.25, -0.2) is 4.98 Å². The lowest BCUT2D eigenvalue weighted by molar-refractivity contribution is 0.355. The zero-order chi connectivity index (χ0) is 18.0. The molecule has 1 aromatic heterocycles. The molecule has 0 spiro atoms. The Balaban J connectivity index is 2.24. The third-order valence-corrected chi connectivity index (χ3v) is 4.77. The number of ether oxygens (including phenoxy) is 2. The molecule has 0 aliphatic heterocycles. The van der Waals surface area contributed by atoms with E-state index in [4.69, 9.17) is 9.47 Å². The SMILES string of the molecule is CCc1nc(O)c(Cc2cccc(Br)c2)c2cc(OC)c(OC)cc12. The molecule has 0 aliphatic rings. The number of benzene rings is 2. The first kappa shape index (κ1) is 17.5. The van der Waals surface area contributed by atoms with Gasteiger partial charge in [0.15, 0.2) is 11.5 Å². The van der Waals surface area contributed by atoms with E-state index in [1.165, 1.54) is 0 Å². The summed E-state index contributed by atoms with van der Waals surface area (Å²) in [4.78, 5) is 4.42. The van der Waals surface area contributed by atoms with E-state index in [9.17, 15) is 5.11 Å². The second-order valence-electron chi connectivity index (χ2n) is 5.77. The van der Waals surface area contributed by atoms with Crippen LogP contribution in [0.3, 0.4) is 0 Å². The summed E-state index contributed by atoms with van der Waals surface area (Å²) in [6.07, 6.45) is 1.30. The van der Waals surface area contributed by atoms with Crippen molar-refractivity contribution >= 4 is 26.7 Å². The number of hydrogen-bond donors (Lipinski definition) is 1. The first-order chi connectivity index (χ1) is 12.1.